The molecule has 1 saturated carbocycles. The van der Waals surface area contributed by atoms with Crippen molar-refractivity contribution in [1.82, 2.24) is 4.98 Å². The summed E-state index contributed by atoms with van der Waals surface area (Å²) in [4.78, 5) is 17.5. The van der Waals surface area contributed by atoms with E-state index in [2.05, 4.69) is 4.98 Å². The second kappa shape index (κ2) is 6.80. The Morgan fingerprint density at radius 1 is 1.09 bits per heavy atom. The zero-order valence-corrected chi connectivity index (χ0v) is 16.9. The van der Waals surface area contributed by atoms with Crippen LogP contribution >= 0.6 is 0 Å². The molecule has 1 aliphatic heterocycles. The Kier molecular flexibility index (Phi) is 4.36. The summed E-state index contributed by atoms with van der Waals surface area (Å²) in [6.07, 6.45) is -1.85. The second-order valence-corrected chi connectivity index (χ2v) is 7.93. The molecular weight excluding hydrogens is 423 g/mol. The monoisotopic (exact) mass is 441 g/mol. The van der Waals surface area contributed by atoms with Gasteiger partial charge in [-0.1, -0.05) is 42.5 Å². The number of Topliss-reactive ketones (excluding diaryl/α,β-unsaturated/α-hetero) is 1. The molecule has 1 aliphatic carbocycles. The molecular formula is C24H18F3NO4. The molecule has 0 spiro atoms. The van der Waals surface area contributed by atoms with E-state index in [4.69, 9.17) is 9.47 Å². The number of rotatable bonds is 3. The van der Waals surface area contributed by atoms with E-state index in [0.717, 1.165) is 17.7 Å². The highest BCUT2D eigenvalue weighted by Crippen LogP contribution is 2.66. The van der Waals surface area contributed by atoms with Gasteiger partial charge in [-0.2, -0.15) is 13.2 Å². The van der Waals surface area contributed by atoms with Crippen molar-refractivity contribution < 1.29 is 32.5 Å². The Morgan fingerprint density at radius 3 is 2.41 bits per heavy atom. The maximum atomic E-state index is 13.4. The summed E-state index contributed by atoms with van der Waals surface area (Å²) in [6.45, 7) is 0. The van der Waals surface area contributed by atoms with E-state index in [0.29, 0.717) is 0 Å². The first-order valence-corrected chi connectivity index (χ1v) is 9.93. The Labute approximate surface area is 181 Å². The van der Waals surface area contributed by atoms with Crippen LogP contribution in [-0.4, -0.2) is 23.0 Å². The summed E-state index contributed by atoms with van der Waals surface area (Å²) in [5.41, 5.74) is -3.58. The van der Waals surface area contributed by atoms with Crippen LogP contribution in [0, 0.1) is 0 Å². The fourth-order valence-electron chi connectivity index (χ4n) is 5.01. The number of alkyl halides is 3. The van der Waals surface area contributed by atoms with Crippen LogP contribution in [0.3, 0.4) is 0 Å². The van der Waals surface area contributed by atoms with Gasteiger partial charge in [0.2, 0.25) is 0 Å². The van der Waals surface area contributed by atoms with E-state index in [1.807, 2.05) is 6.07 Å². The number of methoxy groups -OCH3 is 1. The van der Waals surface area contributed by atoms with Crippen LogP contribution in [-0.2, 0) is 22.2 Å². The number of benzene rings is 2. The van der Waals surface area contributed by atoms with Crippen LogP contribution in [0.15, 0.2) is 67.0 Å². The number of ether oxygens (including phenoxy) is 2. The van der Waals surface area contributed by atoms with Gasteiger partial charge in [0.05, 0.1) is 30.6 Å². The number of nitrogens with zero attached hydrogens (tertiary/aromatic N) is 1. The zero-order valence-electron chi connectivity index (χ0n) is 16.9. The molecule has 1 N–H and O–H groups in total. The normalized spacial score (nSPS) is 26.4. The molecule has 0 bridgehead atoms. The largest absolute Gasteiger partial charge is 0.495 e. The van der Waals surface area contributed by atoms with E-state index < -0.39 is 34.6 Å². The number of aliphatic hydroxyl groups is 1. The molecule has 1 fully saturated rings. The predicted octanol–water partition coefficient (Wildman–Crippen LogP) is 4.34. The second-order valence-electron chi connectivity index (χ2n) is 7.93. The van der Waals surface area contributed by atoms with Gasteiger partial charge in [-0.05, 0) is 23.3 Å². The number of fused-ring (bicyclic) bond motifs is 3. The number of pyridine rings is 1. The molecule has 0 unspecified atom stereocenters. The third-order valence-corrected chi connectivity index (χ3v) is 6.39. The SMILES string of the molecule is COc1cncc2c1[C@]1(O)C(=O)C[C@@H](c3ccccc3)[C@]1(c1ccc(C(F)(F)F)cc1)O2. The summed E-state index contributed by atoms with van der Waals surface area (Å²) in [5.74, 6) is -0.842. The molecule has 5 rings (SSSR count). The van der Waals surface area contributed by atoms with Crippen molar-refractivity contribution in [3.05, 3.63) is 89.2 Å². The van der Waals surface area contributed by atoms with Gasteiger partial charge in [-0.3, -0.25) is 9.78 Å². The van der Waals surface area contributed by atoms with Gasteiger partial charge in [0.25, 0.3) is 0 Å². The average Bonchev–Trinajstić information content (AvgIpc) is 3.19. The van der Waals surface area contributed by atoms with E-state index in [1.54, 1.807) is 24.3 Å². The number of carbonyl (C=O) groups excluding carboxylic acids is 1. The number of hydrogen-bond acceptors (Lipinski definition) is 5. The van der Waals surface area contributed by atoms with Crippen molar-refractivity contribution in [3.63, 3.8) is 0 Å². The molecule has 3 atom stereocenters. The van der Waals surface area contributed by atoms with E-state index in [9.17, 15) is 23.1 Å². The van der Waals surface area contributed by atoms with Gasteiger partial charge in [0.1, 0.15) is 11.5 Å². The summed E-state index contributed by atoms with van der Waals surface area (Å²) in [5, 5.41) is 12.0. The standard InChI is InChI=1S/C24H18F3NO4/c1-31-18-12-28-13-19-21(18)22(30)20(29)11-17(14-5-3-2-4-6-14)23(22,32-19)15-7-9-16(10-8-15)24(25,26)27/h2-10,12-13,17,30H,11H2,1H3/t17-,22+,23-/m0/s1. The molecule has 164 valence electrons. The van der Waals surface area contributed by atoms with E-state index in [-0.39, 0.29) is 29.0 Å². The van der Waals surface area contributed by atoms with Crippen LogP contribution in [0.1, 0.15) is 34.6 Å². The van der Waals surface area contributed by atoms with Crippen molar-refractivity contribution in [2.24, 2.45) is 0 Å². The third-order valence-electron chi connectivity index (χ3n) is 6.39. The van der Waals surface area contributed by atoms with Gasteiger partial charge >= 0.3 is 6.18 Å². The fraction of sp³-hybridized carbons (Fsp3) is 0.250. The minimum Gasteiger partial charge on any atom is -0.495 e. The maximum absolute atomic E-state index is 13.4. The molecule has 0 radical (unpaired) electrons. The van der Waals surface area contributed by atoms with Crippen molar-refractivity contribution in [2.75, 3.05) is 7.11 Å². The van der Waals surface area contributed by atoms with Gasteiger partial charge in [0.15, 0.2) is 17.0 Å². The summed E-state index contributed by atoms with van der Waals surface area (Å²) >= 11 is 0. The zero-order chi connectivity index (χ0) is 22.7. The van der Waals surface area contributed by atoms with Gasteiger partial charge in [0, 0.05) is 12.3 Å². The lowest BCUT2D eigenvalue weighted by atomic mass is 9.71. The smallest absolute Gasteiger partial charge is 0.416 e. The first-order valence-electron chi connectivity index (χ1n) is 9.93. The number of carbonyl (C=O) groups is 1. The number of halogens is 3. The Balaban J connectivity index is 1.79. The Bertz CT molecular complexity index is 1200. The highest BCUT2D eigenvalue weighted by Gasteiger charge is 2.74. The molecule has 32 heavy (non-hydrogen) atoms. The highest BCUT2D eigenvalue weighted by molar-refractivity contribution is 5.97. The molecule has 5 nitrogen and oxygen atoms in total. The van der Waals surface area contributed by atoms with Gasteiger partial charge in [-0.25, -0.2) is 0 Å². The minimum atomic E-state index is -4.52. The van der Waals surface area contributed by atoms with Crippen LogP contribution in [0.25, 0.3) is 0 Å². The first kappa shape index (κ1) is 20.5. The van der Waals surface area contributed by atoms with Crippen LogP contribution < -0.4 is 9.47 Å². The molecule has 2 aliphatic rings. The van der Waals surface area contributed by atoms with Gasteiger partial charge < -0.3 is 14.6 Å². The van der Waals surface area contributed by atoms with Crippen molar-refractivity contribution in [3.8, 4) is 11.5 Å². The van der Waals surface area contributed by atoms with Crippen molar-refractivity contribution in [1.29, 1.82) is 0 Å². The highest BCUT2D eigenvalue weighted by atomic mass is 19.4. The van der Waals surface area contributed by atoms with E-state index >= 15 is 0 Å². The Hall–Kier alpha value is -3.39. The maximum Gasteiger partial charge on any atom is 0.416 e. The van der Waals surface area contributed by atoms with Crippen molar-refractivity contribution >= 4 is 5.78 Å². The van der Waals surface area contributed by atoms with Crippen molar-refractivity contribution in [2.45, 2.75) is 29.7 Å². The molecule has 0 amide bonds. The fourth-order valence-corrected chi connectivity index (χ4v) is 5.01. The summed E-state index contributed by atoms with van der Waals surface area (Å²) in [7, 11) is 1.38. The minimum absolute atomic E-state index is 0.0630. The molecule has 1 aromatic heterocycles. The third kappa shape index (κ3) is 2.56. The number of hydrogen-bond donors (Lipinski definition) is 1. The quantitative estimate of drug-likeness (QED) is 0.655. The lowest BCUT2D eigenvalue weighted by Crippen LogP contribution is -2.50. The molecule has 3 aromatic rings. The molecule has 0 saturated heterocycles. The Morgan fingerprint density at radius 2 is 1.78 bits per heavy atom. The first-order chi connectivity index (χ1) is 15.2. The molecule has 2 aromatic carbocycles. The predicted molar refractivity (Wildman–Crippen MR) is 107 cm³/mol. The summed E-state index contributed by atoms with van der Waals surface area (Å²) in [6, 6.07) is 13.4. The molecule has 2 heterocycles. The summed E-state index contributed by atoms with van der Waals surface area (Å²) < 4.78 is 51.3. The average molecular weight is 441 g/mol. The van der Waals surface area contributed by atoms with Crippen LogP contribution in [0.4, 0.5) is 13.2 Å². The number of ketones is 1. The lowest BCUT2D eigenvalue weighted by Gasteiger charge is -2.39. The van der Waals surface area contributed by atoms with E-state index in [1.165, 1.54) is 31.6 Å². The number of aromatic nitrogens is 1. The van der Waals surface area contributed by atoms with Crippen LogP contribution in [0.2, 0.25) is 0 Å². The lowest BCUT2D eigenvalue weighted by molar-refractivity contribution is -0.151. The van der Waals surface area contributed by atoms with Crippen LogP contribution in [0.5, 0.6) is 11.5 Å². The molecule has 8 heteroatoms. The topological polar surface area (TPSA) is 68.7 Å². The van der Waals surface area contributed by atoms with Gasteiger partial charge in [-0.15, -0.1) is 0 Å².